The van der Waals surface area contributed by atoms with Gasteiger partial charge in [-0.15, -0.1) is 0 Å². The first-order chi connectivity index (χ1) is 15.1. The van der Waals surface area contributed by atoms with Gasteiger partial charge in [-0.05, 0) is 49.1 Å². The van der Waals surface area contributed by atoms with Gasteiger partial charge < -0.3 is 15.0 Å². The van der Waals surface area contributed by atoms with Gasteiger partial charge in [-0.3, -0.25) is 4.79 Å². The van der Waals surface area contributed by atoms with Gasteiger partial charge in [0.15, 0.2) is 0 Å². The van der Waals surface area contributed by atoms with E-state index in [1.165, 1.54) is 29.5 Å². The Morgan fingerprint density at radius 3 is 2.61 bits per heavy atom. The molecule has 4 rings (SSSR count). The molecule has 0 bridgehead atoms. The minimum atomic E-state index is -0.290. The summed E-state index contributed by atoms with van der Waals surface area (Å²) in [5.41, 5.74) is 3.83. The Morgan fingerprint density at radius 1 is 1.19 bits per heavy atom. The van der Waals surface area contributed by atoms with Crippen molar-refractivity contribution < 1.29 is 13.9 Å². The second kappa shape index (κ2) is 10.1. The number of aromatic nitrogens is 2. The molecule has 2 N–H and O–H groups in total. The zero-order valence-corrected chi connectivity index (χ0v) is 18.3. The fourth-order valence-electron chi connectivity index (χ4n) is 3.53. The molecule has 1 aliphatic rings. The van der Waals surface area contributed by atoms with Crippen LogP contribution in [0.15, 0.2) is 53.6 Å². The number of thioether (sulfide) groups is 1. The minimum absolute atomic E-state index is 0.0533. The Bertz CT molecular complexity index is 1010. The molecule has 1 aromatic heterocycles. The number of imidazole rings is 1. The Balaban J connectivity index is 1.51. The van der Waals surface area contributed by atoms with Gasteiger partial charge in [-0.1, -0.05) is 43.0 Å². The number of amides is 1. The van der Waals surface area contributed by atoms with Crippen LogP contribution in [0.3, 0.4) is 0 Å². The lowest BCUT2D eigenvalue weighted by Gasteiger charge is -2.10. The summed E-state index contributed by atoms with van der Waals surface area (Å²) in [5, 5.41) is 3.66. The van der Waals surface area contributed by atoms with Crippen molar-refractivity contribution in [2.45, 2.75) is 37.3 Å². The van der Waals surface area contributed by atoms with Gasteiger partial charge in [0.25, 0.3) is 0 Å². The Labute approximate surface area is 185 Å². The number of hydrogen-bond donors (Lipinski definition) is 2. The summed E-state index contributed by atoms with van der Waals surface area (Å²) in [7, 11) is 0. The number of H-pyrrole nitrogens is 1. The maximum atomic E-state index is 13.4. The quantitative estimate of drug-likeness (QED) is 0.493. The summed E-state index contributed by atoms with van der Waals surface area (Å²) in [6, 6.07) is 14.5. The Morgan fingerprint density at radius 2 is 1.94 bits per heavy atom. The lowest BCUT2D eigenvalue weighted by atomic mass is 10.1. The van der Waals surface area contributed by atoms with E-state index in [1.54, 1.807) is 12.1 Å². The van der Waals surface area contributed by atoms with Crippen molar-refractivity contribution in [3.63, 3.8) is 0 Å². The SMILES string of the molecule is CCc1ccc(-c2nc(SCC(=O)NCC3CCCO3)c(-c3ccc(F)cc3)[nH]2)cc1. The second-order valence-corrected chi connectivity index (χ2v) is 8.51. The molecule has 0 spiro atoms. The number of carbonyl (C=O) groups excluding carboxylic acids is 1. The van der Waals surface area contributed by atoms with Crippen molar-refractivity contribution in [2.75, 3.05) is 18.9 Å². The number of hydrogen-bond acceptors (Lipinski definition) is 4. The molecule has 1 saturated heterocycles. The number of ether oxygens (including phenoxy) is 1. The monoisotopic (exact) mass is 439 g/mol. The molecular weight excluding hydrogens is 413 g/mol. The molecular formula is C24H26FN3O2S. The largest absolute Gasteiger partial charge is 0.376 e. The number of aryl methyl sites for hydroxylation is 1. The van der Waals surface area contributed by atoms with Crippen molar-refractivity contribution in [2.24, 2.45) is 0 Å². The van der Waals surface area contributed by atoms with Gasteiger partial charge in [0, 0.05) is 24.3 Å². The molecule has 2 heterocycles. The average molecular weight is 440 g/mol. The molecule has 1 fully saturated rings. The first-order valence-electron chi connectivity index (χ1n) is 10.6. The number of benzene rings is 2. The topological polar surface area (TPSA) is 67.0 Å². The lowest BCUT2D eigenvalue weighted by molar-refractivity contribution is -0.119. The van der Waals surface area contributed by atoms with Crippen LogP contribution in [-0.4, -0.2) is 40.9 Å². The normalized spacial score (nSPS) is 15.9. The van der Waals surface area contributed by atoms with Crippen molar-refractivity contribution in [3.8, 4) is 22.6 Å². The van der Waals surface area contributed by atoms with Crippen LogP contribution in [0.5, 0.6) is 0 Å². The molecule has 0 radical (unpaired) electrons. The van der Waals surface area contributed by atoms with Crippen molar-refractivity contribution in [1.29, 1.82) is 0 Å². The average Bonchev–Trinajstić information content (AvgIpc) is 3.47. The molecule has 5 nitrogen and oxygen atoms in total. The molecule has 1 amide bonds. The minimum Gasteiger partial charge on any atom is -0.376 e. The summed E-state index contributed by atoms with van der Waals surface area (Å²) < 4.78 is 19.0. The van der Waals surface area contributed by atoms with Crippen LogP contribution in [-0.2, 0) is 16.0 Å². The summed E-state index contributed by atoms with van der Waals surface area (Å²) in [5.74, 6) is 0.632. The van der Waals surface area contributed by atoms with Crippen LogP contribution in [0.4, 0.5) is 4.39 Å². The Kier molecular flexibility index (Phi) is 7.04. The van der Waals surface area contributed by atoms with Gasteiger partial charge in [-0.25, -0.2) is 9.37 Å². The third-order valence-electron chi connectivity index (χ3n) is 5.33. The maximum Gasteiger partial charge on any atom is 0.230 e. The summed E-state index contributed by atoms with van der Waals surface area (Å²) in [6.45, 7) is 3.43. The number of carbonyl (C=O) groups is 1. The second-order valence-electron chi connectivity index (χ2n) is 7.55. The first kappa shape index (κ1) is 21.6. The van der Waals surface area contributed by atoms with E-state index in [9.17, 15) is 9.18 Å². The van der Waals surface area contributed by atoms with Gasteiger partial charge in [-0.2, -0.15) is 0 Å². The zero-order chi connectivity index (χ0) is 21.6. The molecule has 1 unspecified atom stereocenters. The highest BCUT2D eigenvalue weighted by molar-refractivity contribution is 8.00. The predicted molar refractivity (Wildman–Crippen MR) is 122 cm³/mol. The van der Waals surface area contributed by atoms with Gasteiger partial charge >= 0.3 is 0 Å². The van der Waals surface area contributed by atoms with E-state index < -0.39 is 0 Å². The van der Waals surface area contributed by atoms with Crippen molar-refractivity contribution in [1.82, 2.24) is 15.3 Å². The molecule has 31 heavy (non-hydrogen) atoms. The van der Waals surface area contributed by atoms with E-state index in [4.69, 9.17) is 9.72 Å². The van der Waals surface area contributed by atoms with E-state index in [-0.39, 0.29) is 23.6 Å². The molecule has 3 aromatic rings. The molecule has 2 aromatic carbocycles. The van der Waals surface area contributed by atoms with E-state index in [1.807, 2.05) is 12.1 Å². The van der Waals surface area contributed by atoms with E-state index >= 15 is 0 Å². The summed E-state index contributed by atoms with van der Waals surface area (Å²) in [6.07, 6.45) is 3.13. The predicted octanol–water partition coefficient (Wildman–Crippen LogP) is 4.83. The van der Waals surface area contributed by atoms with Crippen LogP contribution >= 0.6 is 11.8 Å². The highest BCUT2D eigenvalue weighted by atomic mass is 32.2. The van der Waals surface area contributed by atoms with Crippen molar-refractivity contribution >= 4 is 17.7 Å². The van der Waals surface area contributed by atoms with Crippen LogP contribution in [0, 0.1) is 5.82 Å². The van der Waals surface area contributed by atoms with Gasteiger partial charge in [0.05, 0.1) is 17.6 Å². The number of aromatic amines is 1. The zero-order valence-electron chi connectivity index (χ0n) is 17.5. The summed E-state index contributed by atoms with van der Waals surface area (Å²) in [4.78, 5) is 20.5. The third kappa shape index (κ3) is 5.54. The van der Waals surface area contributed by atoms with Crippen LogP contribution in [0.2, 0.25) is 0 Å². The maximum absolute atomic E-state index is 13.4. The lowest BCUT2D eigenvalue weighted by Crippen LogP contribution is -2.32. The third-order valence-corrected chi connectivity index (χ3v) is 6.31. The smallest absolute Gasteiger partial charge is 0.230 e. The van der Waals surface area contributed by atoms with Crippen LogP contribution in [0.1, 0.15) is 25.3 Å². The van der Waals surface area contributed by atoms with Gasteiger partial charge in [0.1, 0.15) is 16.7 Å². The molecule has 1 atom stereocenters. The van der Waals surface area contributed by atoms with Gasteiger partial charge in [0.2, 0.25) is 5.91 Å². The van der Waals surface area contributed by atoms with Crippen LogP contribution in [0.25, 0.3) is 22.6 Å². The standard InChI is InChI=1S/C24H26FN3O2S/c1-2-16-5-7-18(8-6-16)23-27-22(17-9-11-19(25)12-10-17)24(28-23)31-15-21(29)26-14-20-4-3-13-30-20/h5-12,20H,2-4,13-15H2,1H3,(H,26,29)(H,27,28). The van der Waals surface area contributed by atoms with Crippen LogP contribution < -0.4 is 5.32 Å². The number of rotatable bonds is 8. The molecule has 1 aliphatic heterocycles. The van der Waals surface area contributed by atoms with E-state index in [2.05, 4.69) is 29.4 Å². The van der Waals surface area contributed by atoms with E-state index in [0.29, 0.717) is 11.6 Å². The molecule has 162 valence electrons. The highest BCUT2D eigenvalue weighted by Crippen LogP contribution is 2.32. The fraction of sp³-hybridized carbons (Fsp3) is 0.333. The van der Waals surface area contributed by atoms with E-state index in [0.717, 1.165) is 48.5 Å². The van der Waals surface area contributed by atoms with Crippen molar-refractivity contribution in [3.05, 3.63) is 59.9 Å². The molecule has 7 heteroatoms. The Hall–Kier alpha value is -2.64. The summed E-state index contributed by atoms with van der Waals surface area (Å²) >= 11 is 1.37. The highest BCUT2D eigenvalue weighted by Gasteiger charge is 2.18. The molecule has 0 aliphatic carbocycles. The number of nitrogens with zero attached hydrogens (tertiary/aromatic N) is 1. The fourth-order valence-corrected chi connectivity index (χ4v) is 4.37. The number of halogens is 1. The number of nitrogens with one attached hydrogen (secondary N) is 2. The molecule has 0 saturated carbocycles. The first-order valence-corrected chi connectivity index (χ1v) is 11.6.